The van der Waals surface area contributed by atoms with Crippen LogP contribution in [-0.2, 0) is 7.05 Å². The summed E-state index contributed by atoms with van der Waals surface area (Å²) < 4.78 is 1.78. The van der Waals surface area contributed by atoms with E-state index >= 15 is 0 Å². The van der Waals surface area contributed by atoms with Gasteiger partial charge in [0.2, 0.25) is 0 Å². The van der Waals surface area contributed by atoms with E-state index in [0.717, 1.165) is 47.7 Å². The van der Waals surface area contributed by atoms with Crippen molar-refractivity contribution in [2.45, 2.75) is 12.8 Å². The van der Waals surface area contributed by atoms with E-state index in [1.54, 1.807) is 17.1 Å². The molecule has 0 unspecified atom stereocenters. The molecule has 7 nitrogen and oxygen atoms in total. The number of hydrogen-bond donors (Lipinski definition) is 2. The van der Waals surface area contributed by atoms with Gasteiger partial charge in [0.15, 0.2) is 5.82 Å². The summed E-state index contributed by atoms with van der Waals surface area (Å²) in [5.41, 5.74) is 3.50. The number of hydrogen-bond acceptors (Lipinski definition) is 6. The predicted molar refractivity (Wildman–Crippen MR) is 93.6 cm³/mol. The third kappa shape index (κ3) is 3.07. The van der Waals surface area contributed by atoms with E-state index < -0.39 is 0 Å². The standard InChI is InChI=1S/C17H21N7/c1-24-11-13(10-22-24)14-7-15-16(20-6-5-19-15)17(23-14)21-9-12-3-2-4-18-8-12/h5-7,10-12,18H,2-4,8-9H2,1H3,(H,21,23)/t12-/m0/s1. The Labute approximate surface area is 140 Å². The second-order valence-electron chi connectivity index (χ2n) is 6.28. The fourth-order valence-electron chi connectivity index (χ4n) is 3.14. The van der Waals surface area contributed by atoms with Gasteiger partial charge in [-0.2, -0.15) is 5.10 Å². The second kappa shape index (κ2) is 6.52. The summed E-state index contributed by atoms with van der Waals surface area (Å²) in [6, 6.07) is 1.96. The largest absolute Gasteiger partial charge is 0.368 e. The molecule has 1 fully saturated rings. The molecular weight excluding hydrogens is 302 g/mol. The third-order valence-corrected chi connectivity index (χ3v) is 4.41. The van der Waals surface area contributed by atoms with Gasteiger partial charge >= 0.3 is 0 Å². The Kier molecular flexibility index (Phi) is 4.08. The summed E-state index contributed by atoms with van der Waals surface area (Å²) in [7, 11) is 1.90. The summed E-state index contributed by atoms with van der Waals surface area (Å²) in [4.78, 5) is 13.7. The van der Waals surface area contributed by atoms with E-state index in [9.17, 15) is 0 Å². The Morgan fingerprint density at radius 3 is 3.04 bits per heavy atom. The molecule has 4 heterocycles. The van der Waals surface area contributed by atoms with Gasteiger partial charge in [0, 0.05) is 37.7 Å². The number of rotatable bonds is 4. The van der Waals surface area contributed by atoms with Crippen LogP contribution in [0.4, 0.5) is 5.82 Å². The first-order chi connectivity index (χ1) is 11.8. The van der Waals surface area contributed by atoms with Gasteiger partial charge < -0.3 is 10.6 Å². The van der Waals surface area contributed by atoms with Crippen molar-refractivity contribution in [3.05, 3.63) is 30.9 Å². The number of pyridine rings is 1. The number of anilines is 1. The molecule has 124 valence electrons. The molecular formula is C17H21N7. The molecule has 0 aliphatic carbocycles. The Bertz CT molecular complexity index is 836. The topological polar surface area (TPSA) is 80.5 Å². The van der Waals surface area contributed by atoms with Gasteiger partial charge in [0.1, 0.15) is 5.52 Å². The molecule has 7 heteroatoms. The van der Waals surface area contributed by atoms with Crippen LogP contribution in [0.25, 0.3) is 22.3 Å². The Morgan fingerprint density at radius 1 is 1.33 bits per heavy atom. The highest BCUT2D eigenvalue weighted by molar-refractivity contribution is 5.88. The van der Waals surface area contributed by atoms with E-state index in [2.05, 4.69) is 25.7 Å². The van der Waals surface area contributed by atoms with E-state index in [0.29, 0.717) is 5.92 Å². The van der Waals surface area contributed by atoms with Crippen LogP contribution < -0.4 is 10.6 Å². The zero-order valence-corrected chi connectivity index (χ0v) is 13.7. The molecule has 0 bridgehead atoms. The third-order valence-electron chi connectivity index (χ3n) is 4.41. The van der Waals surface area contributed by atoms with Crippen LogP contribution in [0.1, 0.15) is 12.8 Å². The zero-order chi connectivity index (χ0) is 16.4. The quantitative estimate of drug-likeness (QED) is 0.762. The van der Waals surface area contributed by atoms with Gasteiger partial charge in [-0.05, 0) is 37.9 Å². The van der Waals surface area contributed by atoms with Crippen LogP contribution in [0.15, 0.2) is 30.9 Å². The molecule has 2 N–H and O–H groups in total. The van der Waals surface area contributed by atoms with Gasteiger partial charge in [0.25, 0.3) is 0 Å². The van der Waals surface area contributed by atoms with Gasteiger partial charge in [-0.3, -0.25) is 9.67 Å². The van der Waals surface area contributed by atoms with Crippen LogP contribution in [0, 0.1) is 5.92 Å². The van der Waals surface area contributed by atoms with Gasteiger partial charge in [0.05, 0.1) is 17.4 Å². The number of nitrogens with zero attached hydrogens (tertiary/aromatic N) is 5. The molecule has 4 rings (SSSR count). The number of fused-ring (bicyclic) bond motifs is 1. The molecule has 3 aromatic heterocycles. The van der Waals surface area contributed by atoms with Crippen molar-refractivity contribution in [2.75, 3.05) is 25.0 Å². The molecule has 0 saturated carbocycles. The summed E-state index contributed by atoms with van der Waals surface area (Å²) in [6.45, 7) is 3.07. The molecule has 1 saturated heterocycles. The van der Waals surface area contributed by atoms with E-state index in [-0.39, 0.29) is 0 Å². The maximum Gasteiger partial charge on any atom is 0.154 e. The van der Waals surface area contributed by atoms with Crippen molar-refractivity contribution >= 4 is 16.9 Å². The first-order valence-corrected chi connectivity index (χ1v) is 8.35. The fraction of sp³-hybridized carbons (Fsp3) is 0.412. The monoisotopic (exact) mass is 323 g/mol. The number of nitrogens with one attached hydrogen (secondary N) is 2. The van der Waals surface area contributed by atoms with Crippen LogP contribution in [0.5, 0.6) is 0 Å². The summed E-state index contributed by atoms with van der Waals surface area (Å²) in [5.74, 6) is 1.42. The van der Waals surface area contributed by atoms with Gasteiger partial charge in [-0.25, -0.2) is 9.97 Å². The summed E-state index contributed by atoms with van der Waals surface area (Å²) in [6.07, 6.45) is 9.67. The summed E-state index contributed by atoms with van der Waals surface area (Å²) >= 11 is 0. The average Bonchev–Trinajstić information content (AvgIpc) is 3.07. The molecule has 0 amide bonds. The summed E-state index contributed by atoms with van der Waals surface area (Å²) in [5, 5.41) is 11.2. The number of aryl methyl sites for hydroxylation is 1. The lowest BCUT2D eigenvalue weighted by atomic mass is 10.00. The maximum atomic E-state index is 4.78. The van der Waals surface area contributed by atoms with Crippen molar-refractivity contribution in [3.8, 4) is 11.3 Å². The molecule has 0 spiro atoms. The lowest BCUT2D eigenvalue weighted by molar-refractivity contribution is 0.392. The predicted octanol–water partition coefficient (Wildman–Crippen LogP) is 1.84. The molecule has 0 radical (unpaired) electrons. The lowest BCUT2D eigenvalue weighted by Crippen LogP contribution is -2.33. The van der Waals surface area contributed by atoms with Crippen LogP contribution in [-0.4, -0.2) is 44.4 Å². The molecule has 1 atom stereocenters. The first kappa shape index (κ1) is 15.0. The van der Waals surface area contributed by atoms with Crippen molar-refractivity contribution in [1.29, 1.82) is 0 Å². The molecule has 24 heavy (non-hydrogen) atoms. The minimum Gasteiger partial charge on any atom is -0.368 e. The maximum absolute atomic E-state index is 4.78. The van der Waals surface area contributed by atoms with Crippen molar-refractivity contribution in [2.24, 2.45) is 13.0 Å². The smallest absolute Gasteiger partial charge is 0.154 e. The minimum absolute atomic E-state index is 0.620. The minimum atomic E-state index is 0.620. The van der Waals surface area contributed by atoms with Crippen molar-refractivity contribution in [3.63, 3.8) is 0 Å². The number of piperidine rings is 1. The molecule has 0 aromatic carbocycles. The van der Waals surface area contributed by atoms with Crippen LogP contribution in [0.3, 0.4) is 0 Å². The van der Waals surface area contributed by atoms with Crippen LogP contribution in [0.2, 0.25) is 0 Å². The SMILES string of the molecule is Cn1cc(-c2cc3nccnc3c(NC[C@H]3CCCNC3)n2)cn1. The normalized spacial score (nSPS) is 18.0. The highest BCUT2D eigenvalue weighted by atomic mass is 15.2. The molecule has 1 aliphatic rings. The van der Waals surface area contributed by atoms with E-state index in [4.69, 9.17) is 4.98 Å². The average molecular weight is 323 g/mol. The van der Waals surface area contributed by atoms with E-state index in [1.807, 2.05) is 25.5 Å². The van der Waals surface area contributed by atoms with Crippen molar-refractivity contribution in [1.82, 2.24) is 30.0 Å². The Balaban J connectivity index is 1.66. The second-order valence-corrected chi connectivity index (χ2v) is 6.28. The van der Waals surface area contributed by atoms with Crippen molar-refractivity contribution < 1.29 is 0 Å². The van der Waals surface area contributed by atoms with E-state index in [1.165, 1.54) is 12.8 Å². The van der Waals surface area contributed by atoms with Gasteiger partial charge in [-0.15, -0.1) is 0 Å². The number of aromatic nitrogens is 5. The fourth-order valence-corrected chi connectivity index (χ4v) is 3.14. The van der Waals surface area contributed by atoms with Gasteiger partial charge in [-0.1, -0.05) is 0 Å². The zero-order valence-electron chi connectivity index (χ0n) is 13.7. The Morgan fingerprint density at radius 2 is 2.25 bits per heavy atom. The lowest BCUT2D eigenvalue weighted by Gasteiger charge is -2.23. The molecule has 3 aromatic rings. The highest BCUT2D eigenvalue weighted by Crippen LogP contribution is 2.25. The molecule has 1 aliphatic heterocycles. The Hall–Kier alpha value is -2.54. The van der Waals surface area contributed by atoms with Crippen LogP contribution >= 0.6 is 0 Å². The first-order valence-electron chi connectivity index (χ1n) is 8.35. The highest BCUT2D eigenvalue weighted by Gasteiger charge is 2.15.